The number of rotatable bonds is 5. The van der Waals surface area contributed by atoms with E-state index < -0.39 is 38.3 Å². The van der Waals surface area contributed by atoms with Gasteiger partial charge in [-0.25, -0.2) is 8.42 Å². The van der Waals surface area contributed by atoms with Crippen LogP contribution in [0.15, 0.2) is 47.5 Å². The maximum Gasteiger partial charge on any atom is 0.416 e. The number of piperazine rings is 1. The summed E-state index contributed by atoms with van der Waals surface area (Å²) in [5.74, 6) is -0.426. The number of hydrogen-bond acceptors (Lipinski definition) is 6. The van der Waals surface area contributed by atoms with Gasteiger partial charge in [-0.1, -0.05) is 0 Å². The molecule has 0 aliphatic carbocycles. The Morgan fingerprint density at radius 2 is 1.81 bits per heavy atom. The zero-order valence-electron chi connectivity index (χ0n) is 17.2. The van der Waals surface area contributed by atoms with E-state index in [1.807, 2.05) is 0 Å². The highest BCUT2D eigenvalue weighted by atomic mass is 32.2. The molecule has 1 atom stereocenters. The maximum absolute atomic E-state index is 13.2. The fourth-order valence-corrected chi connectivity index (χ4v) is 5.09. The Kier molecular flexibility index (Phi) is 6.29. The number of carbonyl (C=O) groups excluding carboxylic acids is 2. The quantitative estimate of drug-likeness (QED) is 0.622. The standard InChI is InChI=1S/C20H20F3N3O5S/c1-14-3-4-15(11-24-14)18(28)25-9-10-26(19(2,12-25)31-13-27)32(29,30)17-7-5-16(6-8-17)20(21,22)23/h3-8,11,13H,9-10,12H2,1-2H3/t19-/m1/s1. The Balaban J connectivity index is 1.89. The fraction of sp³-hybridized carbons (Fsp3) is 0.350. The molecule has 0 saturated carbocycles. The molecule has 1 aromatic heterocycles. The van der Waals surface area contributed by atoms with Crippen LogP contribution in [0, 0.1) is 6.92 Å². The van der Waals surface area contributed by atoms with Crippen molar-refractivity contribution in [3.63, 3.8) is 0 Å². The highest BCUT2D eigenvalue weighted by Crippen LogP contribution is 2.33. The number of aromatic nitrogens is 1. The fourth-order valence-electron chi connectivity index (χ4n) is 3.43. The van der Waals surface area contributed by atoms with Gasteiger partial charge in [0.1, 0.15) is 0 Å². The largest absolute Gasteiger partial charge is 0.443 e. The lowest BCUT2D eigenvalue weighted by Gasteiger charge is -2.46. The summed E-state index contributed by atoms with van der Waals surface area (Å²) in [6.07, 6.45) is -3.23. The van der Waals surface area contributed by atoms with Crippen molar-refractivity contribution in [3.05, 3.63) is 59.4 Å². The number of sulfonamides is 1. The Bertz CT molecular complexity index is 1100. The van der Waals surface area contributed by atoms with Crippen LogP contribution in [0.4, 0.5) is 13.2 Å². The summed E-state index contributed by atoms with van der Waals surface area (Å²) in [5.41, 5.74) is -1.77. The highest BCUT2D eigenvalue weighted by molar-refractivity contribution is 7.89. The monoisotopic (exact) mass is 471 g/mol. The molecule has 1 aromatic carbocycles. The van der Waals surface area contributed by atoms with Crippen molar-refractivity contribution in [2.45, 2.75) is 30.6 Å². The van der Waals surface area contributed by atoms with Crippen molar-refractivity contribution < 1.29 is 35.9 Å². The molecule has 1 saturated heterocycles. The molecule has 2 heterocycles. The summed E-state index contributed by atoms with van der Waals surface area (Å²) >= 11 is 0. The number of carbonyl (C=O) groups is 2. The summed E-state index contributed by atoms with van der Waals surface area (Å²) in [4.78, 5) is 29.0. The minimum absolute atomic E-state index is 0.0234. The zero-order valence-corrected chi connectivity index (χ0v) is 18.0. The van der Waals surface area contributed by atoms with Crippen LogP contribution < -0.4 is 0 Å². The summed E-state index contributed by atoms with van der Waals surface area (Å²) < 4.78 is 70.7. The Morgan fingerprint density at radius 3 is 2.34 bits per heavy atom. The van der Waals surface area contributed by atoms with Crippen LogP contribution >= 0.6 is 0 Å². The third-order valence-corrected chi connectivity index (χ3v) is 7.12. The average molecular weight is 471 g/mol. The topological polar surface area (TPSA) is 96.9 Å². The van der Waals surface area contributed by atoms with Crippen molar-refractivity contribution in [2.24, 2.45) is 0 Å². The molecular formula is C20H20F3N3O5S. The molecular weight excluding hydrogens is 451 g/mol. The Labute approximate surface area is 182 Å². The molecule has 0 N–H and O–H groups in total. The van der Waals surface area contributed by atoms with Gasteiger partial charge in [0, 0.05) is 25.0 Å². The lowest BCUT2D eigenvalue weighted by Crippen LogP contribution is -2.64. The van der Waals surface area contributed by atoms with E-state index in [0.717, 1.165) is 16.4 Å². The number of hydrogen-bond donors (Lipinski definition) is 0. The predicted molar refractivity (Wildman–Crippen MR) is 106 cm³/mol. The summed E-state index contributed by atoms with van der Waals surface area (Å²) in [6, 6.07) is 6.24. The molecule has 1 aliphatic heterocycles. The summed E-state index contributed by atoms with van der Waals surface area (Å²) in [7, 11) is -4.34. The van der Waals surface area contributed by atoms with E-state index in [-0.39, 0.29) is 31.7 Å². The number of amides is 1. The van der Waals surface area contributed by atoms with Crippen molar-refractivity contribution in [2.75, 3.05) is 19.6 Å². The molecule has 0 bridgehead atoms. The SMILES string of the molecule is Cc1ccc(C(=O)N2CCN(S(=O)(=O)c3ccc(C(F)(F)F)cc3)[C@](C)(OC=O)C2)cn1. The van der Waals surface area contributed by atoms with Gasteiger partial charge in [-0.05, 0) is 50.2 Å². The normalized spacial score (nSPS) is 20.1. The number of nitrogens with zero attached hydrogens (tertiary/aromatic N) is 3. The van der Waals surface area contributed by atoms with Crippen LogP contribution in [0.3, 0.4) is 0 Å². The minimum atomic E-state index is -4.62. The molecule has 1 amide bonds. The number of ether oxygens (including phenoxy) is 1. The van der Waals surface area contributed by atoms with E-state index in [4.69, 9.17) is 4.74 Å². The van der Waals surface area contributed by atoms with Crippen molar-refractivity contribution in [3.8, 4) is 0 Å². The second kappa shape index (κ2) is 8.51. The number of halogens is 3. The van der Waals surface area contributed by atoms with Gasteiger partial charge < -0.3 is 9.64 Å². The smallest absolute Gasteiger partial charge is 0.416 e. The highest BCUT2D eigenvalue weighted by Gasteiger charge is 2.48. The van der Waals surface area contributed by atoms with Crippen molar-refractivity contribution in [1.29, 1.82) is 0 Å². The van der Waals surface area contributed by atoms with E-state index in [1.165, 1.54) is 18.0 Å². The van der Waals surface area contributed by atoms with Gasteiger partial charge in [0.25, 0.3) is 12.4 Å². The third kappa shape index (κ3) is 4.60. The molecule has 172 valence electrons. The molecule has 1 fully saturated rings. The van der Waals surface area contributed by atoms with Gasteiger partial charge in [0.2, 0.25) is 10.0 Å². The first-order valence-corrected chi connectivity index (χ1v) is 10.9. The second-order valence-electron chi connectivity index (χ2n) is 7.40. The van der Waals surface area contributed by atoms with Gasteiger partial charge in [0.05, 0.1) is 22.6 Å². The molecule has 0 radical (unpaired) electrons. The van der Waals surface area contributed by atoms with E-state index >= 15 is 0 Å². The van der Waals surface area contributed by atoms with Crippen LogP contribution in [0.1, 0.15) is 28.5 Å². The van der Waals surface area contributed by atoms with E-state index in [0.29, 0.717) is 17.8 Å². The second-order valence-corrected chi connectivity index (χ2v) is 9.27. The number of benzene rings is 1. The number of pyridine rings is 1. The van der Waals surface area contributed by atoms with Gasteiger partial charge in [-0.2, -0.15) is 17.5 Å². The zero-order chi connectivity index (χ0) is 23.7. The number of aryl methyl sites for hydroxylation is 1. The van der Waals surface area contributed by atoms with Crippen LogP contribution in [0.5, 0.6) is 0 Å². The predicted octanol–water partition coefficient (Wildman–Crippen LogP) is 2.44. The Morgan fingerprint density at radius 1 is 1.16 bits per heavy atom. The first-order valence-electron chi connectivity index (χ1n) is 9.42. The minimum Gasteiger partial charge on any atom is -0.443 e. The number of alkyl halides is 3. The lowest BCUT2D eigenvalue weighted by molar-refractivity contribution is -0.162. The Hall–Kier alpha value is -2.99. The third-order valence-electron chi connectivity index (χ3n) is 5.10. The molecule has 2 aromatic rings. The lowest BCUT2D eigenvalue weighted by atomic mass is 10.1. The summed E-state index contributed by atoms with van der Waals surface area (Å²) in [6.45, 7) is 2.60. The molecule has 8 nitrogen and oxygen atoms in total. The van der Waals surface area contributed by atoms with Crippen molar-refractivity contribution >= 4 is 22.4 Å². The van der Waals surface area contributed by atoms with E-state index in [1.54, 1.807) is 19.1 Å². The molecule has 1 aliphatic rings. The van der Waals surface area contributed by atoms with Gasteiger partial charge >= 0.3 is 6.18 Å². The van der Waals surface area contributed by atoms with Crippen LogP contribution in [0.25, 0.3) is 0 Å². The van der Waals surface area contributed by atoms with Gasteiger partial charge in [-0.3, -0.25) is 14.6 Å². The first kappa shape index (κ1) is 23.7. The van der Waals surface area contributed by atoms with Gasteiger partial charge in [0.15, 0.2) is 5.72 Å². The van der Waals surface area contributed by atoms with Gasteiger partial charge in [-0.15, -0.1) is 0 Å². The molecule has 32 heavy (non-hydrogen) atoms. The van der Waals surface area contributed by atoms with E-state index in [9.17, 15) is 31.2 Å². The van der Waals surface area contributed by atoms with Crippen LogP contribution in [0.2, 0.25) is 0 Å². The van der Waals surface area contributed by atoms with Crippen LogP contribution in [-0.2, 0) is 25.7 Å². The maximum atomic E-state index is 13.2. The first-order chi connectivity index (χ1) is 14.9. The summed E-state index contributed by atoms with van der Waals surface area (Å²) in [5, 5.41) is 0. The van der Waals surface area contributed by atoms with Crippen molar-refractivity contribution in [1.82, 2.24) is 14.2 Å². The molecule has 0 spiro atoms. The molecule has 3 rings (SSSR count). The van der Waals surface area contributed by atoms with Crippen LogP contribution in [-0.4, -0.2) is 60.3 Å². The molecule has 0 unspecified atom stereocenters. The van der Waals surface area contributed by atoms with E-state index in [2.05, 4.69) is 4.98 Å². The average Bonchev–Trinajstić information content (AvgIpc) is 2.73. The molecule has 12 heteroatoms.